The third-order valence-electron chi connectivity index (χ3n) is 3.57. The lowest BCUT2D eigenvalue weighted by molar-refractivity contribution is 0.297. The minimum Gasteiger partial charge on any atom is -0.489 e. The molecule has 0 radical (unpaired) electrons. The molecule has 112 valence electrons. The van der Waals surface area contributed by atoms with Gasteiger partial charge < -0.3 is 10.5 Å². The van der Waals surface area contributed by atoms with Crippen LogP contribution in [0, 0.1) is 6.92 Å². The second kappa shape index (κ2) is 6.31. The van der Waals surface area contributed by atoms with Crippen LogP contribution in [0.2, 0.25) is 0 Å². The van der Waals surface area contributed by atoms with Crippen LogP contribution in [0.15, 0.2) is 42.5 Å². The average molecular weight is 283 g/mol. The van der Waals surface area contributed by atoms with Gasteiger partial charge in [0, 0.05) is 6.54 Å². The van der Waals surface area contributed by atoms with Crippen molar-refractivity contribution in [2.24, 2.45) is 5.73 Å². The topological polar surface area (TPSA) is 35.2 Å². The summed E-state index contributed by atoms with van der Waals surface area (Å²) in [5, 5.41) is 0. The lowest BCUT2D eigenvalue weighted by Crippen LogP contribution is -2.13. The van der Waals surface area contributed by atoms with Crippen molar-refractivity contribution in [3.63, 3.8) is 0 Å². The summed E-state index contributed by atoms with van der Waals surface area (Å²) in [5.74, 6) is 0.973. The van der Waals surface area contributed by atoms with Crippen molar-refractivity contribution in [3.8, 4) is 5.75 Å². The first-order valence-electron chi connectivity index (χ1n) is 7.42. The number of benzene rings is 2. The van der Waals surface area contributed by atoms with E-state index >= 15 is 0 Å². The van der Waals surface area contributed by atoms with E-state index in [-0.39, 0.29) is 5.41 Å². The third-order valence-corrected chi connectivity index (χ3v) is 3.57. The van der Waals surface area contributed by atoms with Gasteiger partial charge in [0.05, 0.1) is 0 Å². The van der Waals surface area contributed by atoms with Crippen LogP contribution >= 0.6 is 0 Å². The van der Waals surface area contributed by atoms with Crippen molar-refractivity contribution < 1.29 is 4.74 Å². The molecule has 2 aromatic rings. The zero-order valence-electron chi connectivity index (χ0n) is 13.4. The van der Waals surface area contributed by atoms with Gasteiger partial charge in [0.2, 0.25) is 0 Å². The van der Waals surface area contributed by atoms with Crippen LogP contribution in [-0.2, 0) is 18.6 Å². The van der Waals surface area contributed by atoms with Gasteiger partial charge in [0.15, 0.2) is 0 Å². The van der Waals surface area contributed by atoms with Crippen LogP contribution in [0.25, 0.3) is 0 Å². The molecule has 21 heavy (non-hydrogen) atoms. The van der Waals surface area contributed by atoms with Crippen LogP contribution in [0.1, 0.15) is 43.0 Å². The average Bonchev–Trinajstić information content (AvgIpc) is 2.44. The second-order valence-electron chi connectivity index (χ2n) is 6.56. The minimum absolute atomic E-state index is 0.0716. The van der Waals surface area contributed by atoms with E-state index in [1.807, 2.05) is 12.1 Å². The summed E-state index contributed by atoms with van der Waals surface area (Å²) in [6.45, 7) is 9.85. The summed E-state index contributed by atoms with van der Waals surface area (Å²) in [6.07, 6.45) is 0. The molecule has 0 atom stereocenters. The standard InChI is InChI=1S/C19H25NO/c1-14-8-9-17(19(2,3)4)18(10-14)21-13-16-7-5-6-15(11-16)12-20/h5-11H,12-13,20H2,1-4H3. The largest absolute Gasteiger partial charge is 0.489 e. The smallest absolute Gasteiger partial charge is 0.123 e. The van der Waals surface area contributed by atoms with Gasteiger partial charge in [-0.25, -0.2) is 0 Å². The number of hydrogen-bond acceptors (Lipinski definition) is 2. The summed E-state index contributed by atoms with van der Waals surface area (Å²) in [7, 11) is 0. The Hall–Kier alpha value is -1.80. The molecule has 0 spiro atoms. The number of ether oxygens (including phenoxy) is 1. The SMILES string of the molecule is Cc1ccc(C(C)(C)C)c(OCc2cccc(CN)c2)c1. The van der Waals surface area contributed by atoms with Crippen molar-refractivity contribution in [3.05, 3.63) is 64.7 Å². The Labute approximate surface area is 127 Å². The van der Waals surface area contributed by atoms with Gasteiger partial charge in [-0.3, -0.25) is 0 Å². The summed E-state index contributed by atoms with van der Waals surface area (Å²) in [6, 6.07) is 14.7. The van der Waals surface area contributed by atoms with E-state index in [2.05, 4.69) is 58.0 Å². The molecule has 0 bridgehead atoms. The molecule has 0 unspecified atom stereocenters. The Kier molecular flexibility index (Phi) is 4.69. The maximum atomic E-state index is 6.09. The van der Waals surface area contributed by atoms with Crippen LogP contribution in [0.3, 0.4) is 0 Å². The van der Waals surface area contributed by atoms with Gasteiger partial charge in [0.1, 0.15) is 12.4 Å². The van der Waals surface area contributed by atoms with Crippen LogP contribution in [0.5, 0.6) is 5.75 Å². The molecule has 0 fully saturated rings. The second-order valence-corrected chi connectivity index (χ2v) is 6.56. The van der Waals surface area contributed by atoms with Crippen LogP contribution in [0.4, 0.5) is 0 Å². The first-order chi connectivity index (χ1) is 9.90. The fourth-order valence-electron chi connectivity index (χ4n) is 2.38. The van der Waals surface area contributed by atoms with Gasteiger partial charge in [0.25, 0.3) is 0 Å². The maximum absolute atomic E-state index is 6.09. The predicted octanol–water partition coefficient (Wildman–Crippen LogP) is 4.33. The Balaban J connectivity index is 2.21. The molecule has 2 nitrogen and oxygen atoms in total. The van der Waals surface area contributed by atoms with Crippen molar-refractivity contribution >= 4 is 0 Å². The quantitative estimate of drug-likeness (QED) is 0.906. The number of rotatable bonds is 4. The van der Waals surface area contributed by atoms with Crippen LogP contribution < -0.4 is 10.5 Å². The Morgan fingerprint density at radius 1 is 1.00 bits per heavy atom. The molecule has 2 N–H and O–H groups in total. The highest BCUT2D eigenvalue weighted by atomic mass is 16.5. The summed E-state index contributed by atoms with van der Waals surface area (Å²) >= 11 is 0. The highest BCUT2D eigenvalue weighted by Crippen LogP contribution is 2.32. The maximum Gasteiger partial charge on any atom is 0.123 e. The number of hydrogen-bond donors (Lipinski definition) is 1. The molecule has 0 heterocycles. The van der Waals surface area contributed by atoms with Crippen molar-refractivity contribution in [2.75, 3.05) is 0 Å². The normalized spacial score (nSPS) is 11.5. The summed E-state index contributed by atoms with van der Waals surface area (Å²) < 4.78 is 6.09. The van der Waals surface area contributed by atoms with Gasteiger partial charge in [-0.05, 0) is 40.7 Å². The van der Waals surface area contributed by atoms with E-state index < -0.39 is 0 Å². The molecular formula is C19H25NO. The predicted molar refractivity (Wildman–Crippen MR) is 88.5 cm³/mol. The molecular weight excluding hydrogens is 258 g/mol. The third kappa shape index (κ3) is 4.08. The van der Waals surface area contributed by atoms with Gasteiger partial charge in [-0.1, -0.05) is 57.2 Å². The minimum atomic E-state index is 0.0716. The fraction of sp³-hybridized carbons (Fsp3) is 0.368. The molecule has 0 aliphatic carbocycles. The first-order valence-corrected chi connectivity index (χ1v) is 7.42. The molecule has 2 heteroatoms. The molecule has 0 aliphatic rings. The fourth-order valence-corrected chi connectivity index (χ4v) is 2.38. The molecule has 2 rings (SSSR count). The Morgan fingerprint density at radius 2 is 1.71 bits per heavy atom. The van der Waals surface area contributed by atoms with E-state index in [0.29, 0.717) is 13.2 Å². The lowest BCUT2D eigenvalue weighted by Gasteiger charge is -2.23. The Bertz CT molecular complexity index is 611. The molecule has 0 aromatic heterocycles. The molecule has 2 aromatic carbocycles. The zero-order valence-corrected chi connectivity index (χ0v) is 13.4. The van der Waals surface area contributed by atoms with E-state index in [1.54, 1.807) is 0 Å². The van der Waals surface area contributed by atoms with E-state index in [0.717, 1.165) is 16.9 Å². The van der Waals surface area contributed by atoms with Crippen molar-refractivity contribution in [1.82, 2.24) is 0 Å². The van der Waals surface area contributed by atoms with E-state index in [1.165, 1.54) is 11.1 Å². The summed E-state index contributed by atoms with van der Waals surface area (Å²) in [4.78, 5) is 0. The lowest BCUT2D eigenvalue weighted by atomic mass is 9.86. The highest BCUT2D eigenvalue weighted by molar-refractivity contribution is 5.41. The van der Waals surface area contributed by atoms with Gasteiger partial charge >= 0.3 is 0 Å². The molecule has 0 saturated carbocycles. The highest BCUT2D eigenvalue weighted by Gasteiger charge is 2.19. The van der Waals surface area contributed by atoms with Crippen molar-refractivity contribution in [2.45, 2.75) is 46.3 Å². The number of aryl methyl sites for hydroxylation is 1. The summed E-state index contributed by atoms with van der Waals surface area (Å²) in [5.41, 5.74) is 10.5. The molecule has 0 aliphatic heterocycles. The van der Waals surface area contributed by atoms with E-state index in [9.17, 15) is 0 Å². The number of nitrogens with two attached hydrogens (primary N) is 1. The van der Waals surface area contributed by atoms with Crippen molar-refractivity contribution in [1.29, 1.82) is 0 Å². The molecule has 0 amide bonds. The van der Waals surface area contributed by atoms with Gasteiger partial charge in [-0.15, -0.1) is 0 Å². The van der Waals surface area contributed by atoms with Gasteiger partial charge in [-0.2, -0.15) is 0 Å². The molecule has 0 saturated heterocycles. The Morgan fingerprint density at radius 3 is 2.38 bits per heavy atom. The first kappa shape index (κ1) is 15.6. The zero-order chi connectivity index (χ0) is 15.5. The monoisotopic (exact) mass is 283 g/mol. The van der Waals surface area contributed by atoms with E-state index in [4.69, 9.17) is 10.5 Å². The van der Waals surface area contributed by atoms with Crippen LogP contribution in [-0.4, -0.2) is 0 Å².